The molecule has 2 aromatic rings. The van der Waals surface area contributed by atoms with E-state index < -0.39 is 0 Å². The lowest BCUT2D eigenvalue weighted by molar-refractivity contribution is -0.120. The van der Waals surface area contributed by atoms with Gasteiger partial charge in [0.1, 0.15) is 0 Å². The zero-order valence-corrected chi connectivity index (χ0v) is 11.6. The first kappa shape index (κ1) is 14.1. The first-order chi connectivity index (χ1) is 9.66. The molecule has 0 atom stereocenters. The number of aromatic nitrogens is 2. The van der Waals surface area contributed by atoms with E-state index in [0.29, 0.717) is 18.7 Å². The van der Waals surface area contributed by atoms with Crippen LogP contribution in [0.4, 0.5) is 5.69 Å². The Balaban J connectivity index is 1.71. The van der Waals surface area contributed by atoms with Gasteiger partial charge >= 0.3 is 0 Å². The highest BCUT2D eigenvalue weighted by Crippen LogP contribution is 2.11. The van der Waals surface area contributed by atoms with E-state index in [-0.39, 0.29) is 5.91 Å². The third-order valence-corrected chi connectivity index (χ3v) is 3.29. The molecule has 2 rings (SSSR count). The van der Waals surface area contributed by atoms with Gasteiger partial charge in [-0.3, -0.25) is 9.89 Å². The SMILES string of the molecule is Cc1[nH]ncc1CCCNC(=O)Cc1ccccc1N. The number of carbonyl (C=O) groups is 1. The number of benzene rings is 1. The van der Waals surface area contributed by atoms with Crippen LogP contribution in [-0.4, -0.2) is 22.6 Å². The number of rotatable bonds is 6. The Hall–Kier alpha value is -2.30. The lowest BCUT2D eigenvalue weighted by Crippen LogP contribution is -2.26. The summed E-state index contributed by atoms with van der Waals surface area (Å²) in [5, 5.41) is 9.80. The molecule has 0 bridgehead atoms. The van der Waals surface area contributed by atoms with E-state index >= 15 is 0 Å². The van der Waals surface area contributed by atoms with Crippen molar-refractivity contribution in [2.75, 3.05) is 12.3 Å². The molecule has 20 heavy (non-hydrogen) atoms. The first-order valence-corrected chi connectivity index (χ1v) is 6.75. The van der Waals surface area contributed by atoms with Gasteiger partial charge in [0.25, 0.3) is 0 Å². The number of nitrogens with one attached hydrogen (secondary N) is 2. The number of aryl methyl sites for hydroxylation is 2. The summed E-state index contributed by atoms with van der Waals surface area (Å²) < 4.78 is 0. The summed E-state index contributed by atoms with van der Waals surface area (Å²) in [5.74, 6) is 0.00631. The molecule has 1 aromatic carbocycles. The van der Waals surface area contributed by atoms with E-state index in [4.69, 9.17) is 5.73 Å². The Kier molecular flexibility index (Phi) is 4.76. The van der Waals surface area contributed by atoms with Gasteiger partial charge in [0.05, 0.1) is 12.6 Å². The van der Waals surface area contributed by atoms with Crippen LogP contribution in [0.15, 0.2) is 30.5 Å². The summed E-state index contributed by atoms with van der Waals surface area (Å²) in [7, 11) is 0. The minimum absolute atomic E-state index is 0.00631. The molecule has 106 valence electrons. The van der Waals surface area contributed by atoms with Crippen LogP contribution in [0, 0.1) is 6.92 Å². The number of aromatic amines is 1. The fraction of sp³-hybridized carbons (Fsp3) is 0.333. The van der Waals surface area contributed by atoms with Gasteiger partial charge in [-0.2, -0.15) is 5.10 Å². The van der Waals surface area contributed by atoms with Gasteiger partial charge < -0.3 is 11.1 Å². The van der Waals surface area contributed by atoms with E-state index in [1.807, 2.05) is 37.4 Å². The number of nitrogen functional groups attached to an aromatic ring is 1. The average molecular weight is 272 g/mol. The van der Waals surface area contributed by atoms with Crippen LogP contribution in [0.5, 0.6) is 0 Å². The van der Waals surface area contributed by atoms with Crippen LogP contribution in [0.3, 0.4) is 0 Å². The van der Waals surface area contributed by atoms with Gasteiger partial charge in [-0.05, 0) is 37.0 Å². The summed E-state index contributed by atoms with van der Waals surface area (Å²) in [6, 6.07) is 7.44. The van der Waals surface area contributed by atoms with Gasteiger partial charge in [0, 0.05) is 17.9 Å². The molecule has 0 spiro atoms. The van der Waals surface area contributed by atoms with Gasteiger partial charge in [-0.1, -0.05) is 18.2 Å². The van der Waals surface area contributed by atoms with Crippen molar-refractivity contribution in [3.05, 3.63) is 47.3 Å². The number of nitrogens with zero attached hydrogens (tertiary/aromatic N) is 1. The molecule has 5 nitrogen and oxygen atoms in total. The van der Waals surface area contributed by atoms with E-state index in [1.165, 1.54) is 5.56 Å². The zero-order chi connectivity index (χ0) is 14.4. The third-order valence-electron chi connectivity index (χ3n) is 3.29. The standard InChI is InChI=1S/C15H20N4O/c1-11-13(10-18-19-11)6-4-8-17-15(20)9-12-5-2-3-7-14(12)16/h2-3,5,7,10H,4,6,8-9,16H2,1H3,(H,17,20)(H,18,19). The van der Waals surface area contributed by atoms with Crippen molar-refractivity contribution in [1.29, 1.82) is 0 Å². The highest BCUT2D eigenvalue weighted by atomic mass is 16.1. The van der Waals surface area contributed by atoms with Crippen molar-refractivity contribution in [2.24, 2.45) is 0 Å². The smallest absolute Gasteiger partial charge is 0.224 e. The number of para-hydroxylation sites is 1. The molecule has 0 aliphatic rings. The summed E-state index contributed by atoms with van der Waals surface area (Å²) in [6.07, 6.45) is 3.98. The lowest BCUT2D eigenvalue weighted by Gasteiger charge is -2.07. The van der Waals surface area contributed by atoms with Crippen molar-refractivity contribution in [3.8, 4) is 0 Å². The van der Waals surface area contributed by atoms with Crippen molar-refractivity contribution in [1.82, 2.24) is 15.5 Å². The molecule has 1 heterocycles. The molecule has 0 radical (unpaired) electrons. The second kappa shape index (κ2) is 6.75. The zero-order valence-electron chi connectivity index (χ0n) is 11.6. The molecule has 0 unspecified atom stereocenters. The first-order valence-electron chi connectivity index (χ1n) is 6.75. The van der Waals surface area contributed by atoms with Crippen LogP contribution in [0.2, 0.25) is 0 Å². The maximum Gasteiger partial charge on any atom is 0.224 e. The Morgan fingerprint density at radius 1 is 1.35 bits per heavy atom. The normalized spacial score (nSPS) is 10.4. The maximum absolute atomic E-state index is 11.8. The summed E-state index contributed by atoms with van der Waals surface area (Å²) in [6.45, 7) is 2.66. The van der Waals surface area contributed by atoms with E-state index in [1.54, 1.807) is 0 Å². The van der Waals surface area contributed by atoms with Crippen molar-refractivity contribution >= 4 is 11.6 Å². The lowest BCUT2D eigenvalue weighted by atomic mass is 10.1. The molecule has 5 heteroatoms. The summed E-state index contributed by atoms with van der Waals surface area (Å²) >= 11 is 0. The van der Waals surface area contributed by atoms with Crippen molar-refractivity contribution < 1.29 is 4.79 Å². The van der Waals surface area contributed by atoms with Crippen LogP contribution in [0.25, 0.3) is 0 Å². The minimum atomic E-state index is 0.00631. The Labute approximate surface area is 118 Å². The largest absolute Gasteiger partial charge is 0.398 e. The van der Waals surface area contributed by atoms with Crippen molar-refractivity contribution in [3.63, 3.8) is 0 Å². The number of carbonyl (C=O) groups excluding carboxylic acids is 1. The summed E-state index contributed by atoms with van der Waals surface area (Å²) in [4.78, 5) is 11.8. The average Bonchev–Trinajstić information content (AvgIpc) is 2.83. The number of nitrogens with two attached hydrogens (primary N) is 1. The van der Waals surface area contributed by atoms with E-state index in [0.717, 1.165) is 24.1 Å². The quantitative estimate of drug-likeness (QED) is 0.551. The second-order valence-corrected chi connectivity index (χ2v) is 4.85. The molecule has 4 N–H and O–H groups in total. The topological polar surface area (TPSA) is 83.8 Å². The van der Waals surface area contributed by atoms with Crippen LogP contribution in [0.1, 0.15) is 23.2 Å². The van der Waals surface area contributed by atoms with Crippen LogP contribution < -0.4 is 11.1 Å². The van der Waals surface area contributed by atoms with E-state index in [2.05, 4.69) is 15.5 Å². The fourth-order valence-corrected chi connectivity index (χ4v) is 2.07. The monoisotopic (exact) mass is 272 g/mol. The molecule has 0 saturated heterocycles. The van der Waals surface area contributed by atoms with Gasteiger partial charge in [-0.15, -0.1) is 0 Å². The molecule has 1 aromatic heterocycles. The Morgan fingerprint density at radius 3 is 2.85 bits per heavy atom. The highest BCUT2D eigenvalue weighted by Gasteiger charge is 2.06. The molecular formula is C15H20N4O. The minimum Gasteiger partial charge on any atom is -0.398 e. The number of amides is 1. The number of hydrogen-bond acceptors (Lipinski definition) is 3. The van der Waals surface area contributed by atoms with Gasteiger partial charge in [0.2, 0.25) is 5.91 Å². The number of hydrogen-bond donors (Lipinski definition) is 3. The number of H-pyrrole nitrogens is 1. The van der Waals surface area contributed by atoms with Crippen LogP contribution in [-0.2, 0) is 17.6 Å². The molecule has 0 aliphatic carbocycles. The van der Waals surface area contributed by atoms with Gasteiger partial charge in [-0.25, -0.2) is 0 Å². The predicted molar refractivity (Wildman–Crippen MR) is 79.2 cm³/mol. The molecule has 0 aliphatic heterocycles. The molecule has 1 amide bonds. The third kappa shape index (κ3) is 3.85. The molecular weight excluding hydrogens is 252 g/mol. The molecule has 0 saturated carbocycles. The summed E-state index contributed by atoms with van der Waals surface area (Å²) in [5.41, 5.74) is 9.64. The fourth-order valence-electron chi connectivity index (χ4n) is 2.07. The van der Waals surface area contributed by atoms with Gasteiger partial charge in [0.15, 0.2) is 0 Å². The predicted octanol–water partition coefficient (Wildman–Crippen LogP) is 1.59. The molecule has 0 fully saturated rings. The number of anilines is 1. The Morgan fingerprint density at radius 2 is 2.15 bits per heavy atom. The highest BCUT2D eigenvalue weighted by molar-refractivity contribution is 5.80. The maximum atomic E-state index is 11.8. The Bertz CT molecular complexity index is 577. The van der Waals surface area contributed by atoms with Crippen LogP contribution >= 0.6 is 0 Å². The second-order valence-electron chi connectivity index (χ2n) is 4.85. The van der Waals surface area contributed by atoms with Crippen molar-refractivity contribution in [2.45, 2.75) is 26.2 Å². The van der Waals surface area contributed by atoms with E-state index in [9.17, 15) is 4.79 Å².